The zero-order valence-corrected chi connectivity index (χ0v) is 33.2. The zero-order valence-electron chi connectivity index (χ0n) is 33.2. The van der Waals surface area contributed by atoms with Crippen LogP contribution < -0.4 is 26.4 Å². The highest BCUT2D eigenvalue weighted by Gasteiger charge is 2.27. The van der Waals surface area contributed by atoms with Crippen molar-refractivity contribution in [2.75, 3.05) is 88.3 Å². The average molecular weight is 814 g/mol. The Balaban J connectivity index is 0.879. The van der Waals surface area contributed by atoms with E-state index < -0.39 is 28.6 Å². The van der Waals surface area contributed by atoms with E-state index in [1.807, 2.05) is 42.9 Å². The summed E-state index contributed by atoms with van der Waals surface area (Å²) in [5, 5.41) is 36.0. The number of amidine groups is 2. The van der Waals surface area contributed by atoms with Gasteiger partial charge in [-0.25, -0.2) is 13.6 Å². The van der Waals surface area contributed by atoms with Crippen molar-refractivity contribution in [2.45, 2.75) is 33.4 Å². The van der Waals surface area contributed by atoms with Gasteiger partial charge in [0.2, 0.25) is 11.4 Å². The second kappa shape index (κ2) is 16.8. The molecule has 2 aromatic carbocycles. The van der Waals surface area contributed by atoms with Gasteiger partial charge in [0.05, 0.1) is 28.8 Å². The number of hydrogen-bond donors (Lipinski definition) is 5. The summed E-state index contributed by atoms with van der Waals surface area (Å²) in [5.74, 6) is -1.63. The molecule has 0 aliphatic carbocycles. The van der Waals surface area contributed by atoms with Crippen molar-refractivity contribution in [1.29, 1.82) is 16.2 Å². The fourth-order valence-electron chi connectivity index (χ4n) is 8.10. The van der Waals surface area contributed by atoms with Gasteiger partial charge in [0.1, 0.15) is 28.9 Å². The standard InChI is InChI=1S/C40H49F2N13O4/c1-3-48-6-5-34(56)25-19-28(41)32(21-30(25)48)50-7-11-52(12-8-50)35(43)23-36(44)53-13-17-55(18-14-53)40(46)47-39(45)54-15-9-51(10-16-54)33-22-31-26(20-29(33)42)37(57)27(38(58)59)24-49(31)4-2/h5-6,19-22,24,43-44H,3-4,7-18,23H2,1-2H3,(H,58,59)(H3,45,46,47). The number of nitrogens with one attached hydrogen (secondary N) is 3. The molecule has 0 radical (unpaired) electrons. The van der Waals surface area contributed by atoms with Crippen LogP contribution in [0.15, 0.2) is 57.3 Å². The minimum absolute atomic E-state index is 0.00511. The molecule has 0 saturated carbocycles. The van der Waals surface area contributed by atoms with Crippen LogP contribution in [0.4, 0.5) is 20.2 Å². The topological polar surface area (TPSA) is 211 Å². The molecule has 4 aromatic rings. The maximum Gasteiger partial charge on any atom is 0.341 e. The summed E-state index contributed by atoms with van der Waals surface area (Å²) in [7, 11) is 0. The van der Waals surface area contributed by atoms with E-state index in [9.17, 15) is 19.5 Å². The van der Waals surface area contributed by atoms with Crippen molar-refractivity contribution in [2.24, 2.45) is 10.7 Å². The Hall–Kier alpha value is -6.53. The number of carbonyl (C=O) groups is 1. The van der Waals surface area contributed by atoms with Gasteiger partial charge in [0, 0.05) is 121 Å². The quantitative estimate of drug-likeness (QED) is 0.135. The molecular formula is C40H49F2N13O4. The van der Waals surface area contributed by atoms with E-state index in [0.29, 0.717) is 125 Å². The highest BCUT2D eigenvalue weighted by atomic mass is 19.1. The van der Waals surface area contributed by atoms with E-state index in [1.54, 1.807) is 27.8 Å². The molecule has 3 saturated heterocycles. The predicted octanol–water partition coefficient (Wildman–Crippen LogP) is 2.49. The number of benzene rings is 2. The van der Waals surface area contributed by atoms with Crippen LogP contribution in [-0.2, 0) is 13.1 Å². The van der Waals surface area contributed by atoms with Crippen molar-refractivity contribution in [3.8, 4) is 0 Å². The first-order valence-electron chi connectivity index (χ1n) is 19.8. The minimum atomic E-state index is -1.36. The van der Waals surface area contributed by atoms with E-state index in [4.69, 9.17) is 22.0 Å². The monoisotopic (exact) mass is 813 g/mol. The lowest BCUT2D eigenvalue weighted by molar-refractivity contribution is 0.0694. The molecule has 0 unspecified atom stereocenters. The molecule has 0 atom stereocenters. The Morgan fingerprint density at radius 1 is 0.712 bits per heavy atom. The maximum absolute atomic E-state index is 15.4. The second-order valence-electron chi connectivity index (χ2n) is 14.9. The molecule has 312 valence electrons. The van der Waals surface area contributed by atoms with Crippen LogP contribution in [0, 0.1) is 27.9 Å². The lowest BCUT2D eigenvalue weighted by Gasteiger charge is -2.39. The molecule has 5 heterocycles. The largest absolute Gasteiger partial charge is 0.477 e. The molecule has 19 heteroatoms. The molecule has 3 aliphatic rings. The van der Waals surface area contributed by atoms with Gasteiger partial charge in [-0.1, -0.05) is 0 Å². The summed E-state index contributed by atoms with van der Waals surface area (Å²) in [4.78, 5) is 52.3. The normalized spacial score (nSPS) is 16.6. The van der Waals surface area contributed by atoms with Gasteiger partial charge in [0.15, 0.2) is 11.4 Å². The van der Waals surface area contributed by atoms with Gasteiger partial charge >= 0.3 is 5.97 Å². The Morgan fingerprint density at radius 2 is 1.19 bits per heavy atom. The first-order valence-corrected chi connectivity index (χ1v) is 19.8. The van der Waals surface area contributed by atoms with E-state index in [1.165, 1.54) is 18.3 Å². The number of nitrogens with two attached hydrogens (primary N) is 1. The fourth-order valence-corrected chi connectivity index (χ4v) is 8.10. The van der Waals surface area contributed by atoms with Gasteiger partial charge in [0.25, 0.3) is 0 Å². The number of aromatic nitrogens is 2. The van der Waals surface area contributed by atoms with Crippen LogP contribution in [0.1, 0.15) is 30.6 Å². The Bertz CT molecular complexity index is 2480. The minimum Gasteiger partial charge on any atom is -0.477 e. The first kappa shape index (κ1) is 40.7. The van der Waals surface area contributed by atoms with E-state index in [0.717, 1.165) is 6.07 Å². The summed E-state index contributed by atoms with van der Waals surface area (Å²) < 4.78 is 34.1. The zero-order chi connectivity index (χ0) is 42.1. The molecule has 3 aliphatic heterocycles. The summed E-state index contributed by atoms with van der Waals surface area (Å²) in [6.45, 7) is 10.2. The van der Waals surface area contributed by atoms with Crippen LogP contribution in [0.25, 0.3) is 21.8 Å². The van der Waals surface area contributed by atoms with E-state index in [2.05, 4.69) is 4.99 Å². The Labute approximate surface area is 338 Å². The van der Waals surface area contributed by atoms with Crippen molar-refractivity contribution < 1.29 is 18.7 Å². The van der Waals surface area contributed by atoms with Gasteiger partial charge in [-0.3, -0.25) is 25.8 Å². The third kappa shape index (κ3) is 8.13. The fraction of sp³-hybridized carbons (Fsp3) is 0.425. The van der Waals surface area contributed by atoms with Crippen LogP contribution in [-0.4, -0.2) is 142 Å². The van der Waals surface area contributed by atoms with E-state index in [-0.39, 0.29) is 34.8 Å². The molecule has 17 nitrogen and oxygen atoms in total. The molecule has 0 amide bonds. The highest BCUT2D eigenvalue weighted by Crippen LogP contribution is 2.28. The smallest absolute Gasteiger partial charge is 0.341 e. The van der Waals surface area contributed by atoms with E-state index >= 15 is 8.78 Å². The number of piperazine rings is 3. The number of rotatable bonds is 7. The summed E-state index contributed by atoms with van der Waals surface area (Å²) in [6.07, 6.45) is 3.16. The van der Waals surface area contributed by atoms with Gasteiger partial charge in [-0.05, 0) is 38.1 Å². The molecule has 6 N–H and O–H groups in total. The molecule has 2 aromatic heterocycles. The van der Waals surface area contributed by atoms with Crippen molar-refractivity contribution in [1.82, 2.24) is 28.7 Å². The number of aliphatic imine (C=N–C) groups is 1. The number of aryl methyl sites for hydroxylation is 2. The molecule has 7 rings (SSSR count). The maximum atomic E-state index is 15.4. The van der Waals surface area contributed by atoms with Crippen LogP contribution in [0.5, 0.6) is 0 Å². The van der Waals surface area contributed by atoms with Crippen LogP contribution in [0.2, 0.25) is 0 Å². The molecule has 0 bridgehead atoms. The number of carboxylic acid groups (broad SMARTS) is 1. The Kier molecular flexibility index (Phi) is 11.5. The molecule has 0 spiro atoms. The van der Waals surface area contributed by atoms with Gasteiger partial charge < -0.3 is 49.4 Å². The SMILES string of the molecule is CCn1ccc(=O)c2cc(F)c(N3CCN(C(=N)CC(=N)N4CCN(C(N)=NC(=N)N5CCN(c6cc7c(cc6F)c(=O)c(C(=O)O)cn7CC)CC5)CC4)CC3)cc21. The summed E-state index contributed by atoms with van der Waals surface area (Å²) >= 11 is 0. The number of halogens is 2. The number of nitrogens with zero attached hydrogens (tertiary/aromatic N) is 9. The number of aromatic carboxylic acids is 1. The molecular weight excluding hydrogens is 765 g/mol. The molecule has 59 heavy (non-hydrogen) atoms. The summed E-state index contributed by atoms with van der Waals surface area (Å²) in [6, 6.07) is 7.18. The van der Waals surface area contributed by atoms with Crippen LogP contribution >= 0.6 is 0 Å². The molecule has 3 fully saturated rings. The summed E-state index contributed by atoms with van der Waals surface area (Å²) in [5.41, 5.74) is 6.85. The predicted molar refractivity (Wildman–Crippen MR) is 225 cm³/mol. The third-order valence-corrected chi connectivity index (χ3v) is 11.6. The highest BCUT2D eigenvalue weighted by molar-refractivity contribution is 6.00. The van der Waals surface area contributed by atoms with Gasteiger partial charge in [-0.2, -0.15) is 4.99 Å². The van der Waals surface area contributed by atoms with Crippen molar-refractivity contribution >= 4 is 62.7 Å². The first-order chi connectivity index (χ1) is 28.3. The third-order valence-electron chi connectivity index (χ3n) is 11.6. The van der Waals surface area contributed by atoms with Crippen LogP contribution in [0.3, 0.4) is 0 Å². The number of fused-ring (bicyclic) bond motifs is 2. The second-order valence-corrected chi connectivity index (χ2v) is 14.9. The van der Waals surface area contributed by atoms with Crippen molar-refractivity contribution in [3.05, 3.63) is 80.4 Å². The van der Waals surface area contributed by atoms with Gasteiger partial charge in [-0.15, -0.1) is 0 Å². The van der Waals surface area contributed by atoms with Crippen molar-refractivity contribution in [3.63, 3.8) is 0 Å². The number of pyridine rings is 2. The Morgan fingerprint density at radius 3 is 1.71 bits per heavy atom. The number of anilines is 2. The number of hydrogen-bond acceptors (Lipinski definition) is 8. The average Bonchev–Trinajstić information content (AvgIpc) is 3.24. The lowest BCUT2D eigenvalue weighted by atomic mass is 10.1. The number of guanidine groups is 2. The lowest BCUT2D eigenvalue weighted by Crippen LogP contribution is -2.54. The number of carboxylic acids is 1.